The van der Waals surface area contributed by atoms with Gasteiger partial charge in [-0.3, -0.25) is 14.4 Å². The molecule has 3 aromatic rings. The molecule has 2 aliphatic carbocycles. The maximum Gasteiger partial charge on any atom is 0.239 e. The van der Waals surface area contributed by atoms with E-state index >= 15 is 0 Å². The van der Waals surface area contributed by atoms with Crippen molar-refractivity contribution in [3.8, 4) is 0 Å². The number of amides is 2. The van der Waals surface area contributed by atoms with Gasteiger partial charge in [-0.25, -0.2) is 4.90 Å². The third-order valence-corrected chi connectivity index (χ3v) is 9.15. The van der Waals surface area contributed by atoms with Gasteiger partial charge in [0, 0.05) is 0 Å². The maximum absolute atomic E-state index is 14.7. The average Bonchev–Trinajstić information content (AvgIpc) is 3.41. The van der Waals surface area contributed by atoms with Crippen molar-refractivity contribution in [1.82, 2.24) is 0 Å². The molecule has 4 heteroatoms. The predicted molar refractivity (Wildman–Crippen MR) is 146 cm³/mol. The molecule has 4 nitrogen and oxygen atoms in total. The van der Waals surface area contributed by atoms with Crippen LogP contribution in [0, 0.1) is 36.5 Å². The van der Waals surface area contributed by atoms with Crippen molar-refractivity contribution in [1.29, 1.82) is 0 Å². The molecule has 6 rings (SSSR count). The summed E-state index contributed by atoms with van der Waals surface area (Å²) in [5.74, 6) is -1.86. The van der Waals surface area contributed by atoms with E-state index in [4.69, 9.17) is 0 Å². The highest BCUT2D eigenvalue weighted by Gasteiger charge is 2.80. The van der Waals surface area contributed by atoms with E-state index in [-0.39, 0.29) is 17.6 Å². The molecule has 3 aliphatic rings. The van der Waals surface area contributed by atoms with Gasteiger partial charge in [0.05, 0.1) is 28.4 Å². The molecule has 1 saturated heterocycles. The fraction of sp³-hybridized carbons (Fsp3) is 0.303. The van der Waals surface area contributed by atoms with Crippen LogP contribution < -0.4 is 4.90 Å². The number of hydrogen-bond acceptors (Lipinski definition) is 3. The van der Waals surface area contributed by atoms with Crippen molar-refractivity contribution >= 4 is 34.4 Å². The third-order valence-electron chi connectivity index (χ3n) is 9.15. The van der Waals surface area contributed by atoms with E-state index in [0.29, 0.717) is 18.5 Å². The second-order valence-electron chi connectivity index (χ2n) is 10.7. The summed E-state index contributed by atoms with van der Waals surface area (Å²) >= 11 is 0. The van der Waals surface area contributed by atoms with Crippen LogP contribution >= 0.6 is 0 Å². The molecular weight excluding hydrogens is 458 g/mol. The molecular formula is C33H31NO3. The molecule has 1 aliphatic heterocycles. The fourth-order valence-electron chi connectivity index (χ4n) is 7.75. The van der Waals surface area contributed by atoms with Crippen LogP contribution in [0.4, 0.5) is 5.69 Å². The number of ketones is 1. The third kappa shape index (κ3) is 2.76. The fourth-order valence-corrected chi connectivity index (χ4v) is 7.75. The first-order valence-electron chi connectivity index (χ1n) is 13.2. The van der Waals surface area contributed by atoms with Crippen molar-refractivity contribution in [2.75, 3.05) is 4.90 Å². The van der Waals surface area contributed by atoms with Crippen LogP contribution in [-0.4, -0.2) is 17.6 Å². The number of hydrogen-bond donors (Lipinski definition) is 0. The Kier molecular flexibility index (Phi) is 5.17. The SMILES string of the molecule is CC[C@]12C(=O)[C@@](CC)(C(c3ccccc3)=C1c1ccccc1)[C@H]1C(=O)N(c3ccc(C)cc3C)C(=O)[C@H]12. The molecule has 37 heavy (non-hydrogen) atoms. The number of imide groups is 1. The van der Waals surface area contributed by atoms with E-state index in [9.17, 15) is 14.4 Å². The van der Waals surface area contributed by atoms with Crippen LogP contribution in [-0.2, 0) is 14.4 Å². The monoisotopic (exact) mass is 489 g/mol. The molecule has 0 spiro atoms. The number of benzene rings is 3. The molecule has 3 aromatic carbocycles. The summed E-state index contributed by atoms with van der Waals surface area (Å²) in [6.07, 6.45) is 0.935. The maximum atomic E-state index is 14.7. The first kappa shape index (κ1) is 23.6. The second-order valence-corrected chi connectivity index (χ2v) is 10.7. The van der Waals surface area contributed by atoms with E-state index in [0.717, 1.165) is 33.4 Å². The van der Waals surface area contributed by atoms with Crippen LogP contribution in [0.2, 0.25) is 0 Å². The van der Waals surface area contributed by atoms with Gasteiger partial charge in [-0.2, -0.15) is 0 Å². The quantitative estimate of drug-likeness (QED) is 0.389. The summed E-state index contributed by atoms with van der Waals surface area (Å²) in [5, 5.41) is 0. The Hall–Kier alpha value is -3.79. The normalized spacial score (nSPS) is 28.4. The van der Waals surface area contributed by atoms with Crippen LogP contribution in [0.15, 0.2) is 78.9 Å². The molecule has 2 amide bonds. The van der Waals surface area contributed by atoms with Gasteiger partial charge in [0.15, 0.2) is 5.78 Å². The lowest BCUT2D eigenvalue weighted by Gasteiger charge is -2.38. The Morgan fingerprint density at radius 1 is 0.676 bits per heavy atom. The zero-order valence-corrected chi connectivity index (χ0v) is 21.7. The van der Waals surface area contributed by atoms with Gasteiger partial charge < -0.3 is 0 Å². The lowest BCUT2D eigenvalue weighted by atomic mass is 9.60. The summed E-state index contributed by atoms with van der Waals surface area (Å²) in [6, 6.07) is 25.8. The number of Topliss-reactive ketones (excluding diaryl/α,β-unsaturated/α-hetero) is 1. The number of carbonyl (C=O) groups is 3. The summed E-state index contributed by atoms with van der Waals surface area (Å²) < 4.78 is 0. The number of aryl methyl sites for hydroxylation is 2. The molecule has 0 N–H and O–H groups in total. The van der Waals surface area contributed by atoms with Crippen LogP contribution in [0.5, 0.6) is 0 Å². The van der Waals surface area contributed by atoms with Crippen molar-refractivity contribution in [2.24, 2.45) is 22.7 Å². The zero-order chi connectivity index (χ0) is 26.1. The van der Waals surface area contributed by atoms with Crippen LogP contribution in [0.3, 0.4) is 0 Å². The summed E-state index contributed by atoms with van der Waals surface area (Å²) in [5.41, 5.74) is 4.26. The first-order valence-corrected chi connectivity index (χ1v) is 13.2. The van der Waals surface area contributed by atoms with Gasteiger partial charge in [0.25, 0.3) is 0 Å². The summed E-state index contributed by atoms with van der Waals surface area (Å²) in [4.78, 5) is 44.8. The highest BCUT2D eigenvalue weighted by Crippen LogP contribution is 2.75. The van der Waals surface area contributed by atoms with Crippen LogP contribution in [0.1, 0.15) is 48.9 Å². The van der Waals surface area contributed by atoms with Crippen molar-refractivity contribution in [3.63, 3.8) is 0 Å². The van der Waals surface area contributed by atoms with Gasteiger partial charge in [0.2, 0.25) is 11.8 Å². The Bertz CT molecular complexity index is 1400. The molecule has 2 fully saturated rings. The van der Waals surface area contributed by atoms with E-state index in [2.05, 4.69) is 0 Å². The first-order chi connectivity index (χ1) is 17.8. The number of anilines is 1. The van der Waals surface area contributed by atoms with E-state index in [1.165, 1.54) is 4.90 Å². The molecule has 2 bridgehead atoms. The molecule has 186 valence electrons. The topological polar surface area (TPSA) is 54.5 Å². The lowest BCUT2D eigenvalue weighted by molar-refractivity contribution is -0.134. The standard InChI is InChI=1S/C33H31NO3/c1-5-32-25(22-13-9-7-10-14-22)26(23-15-11-8-12-16-23)33(6-2,31(32)37)28-27(32)29(35)34(30(28)36)24-18-17-20(3)19-21(24)4/h7-19,27-28H,5-6H2,1-4H3/t27-,28+,32-,33-/m0/s1. The van der Waals surface area contributed by atoms with Crippen molar-refractivity contribution in [3.05, 3.63) is 101 Å². The number of carbonyl (C=O) groups excluding carboxylic acids is 3. The van der Waals surface area contributed by atoms with E-state index < -0.39 is 22.7 Å². The molecule has 4 atom stereocenters. The highest BCUT2D eigenvalue weighted by molar-refractivity contribution is 6.34. The Morgan fingerprint density at radius 3 is 1.54 bits per heavy atom. The Balaban J connectivity index is 1.67. The smallest absolute Gasteiger partial charge is 0.239 e. The molecule has 0 unspecified atom stereocenters. The van der Waals surface area contributed by atoms with Crippen molar-refractivity contribution in [2.45, 2.75) is 40.5 Å². The average molecular weight is 490 g/mol. The molecule has 1 saturated carbocycles. The van der Waals surface area contributed by atoms with Crippen LogP contribution in [0.25, 0.3) is 11.1 Å². The number of fused-ring (bicyclic) bond motifs is 5. The van der Waals surface area contributed by atoms with E-state index in [1.54, 1.807) is 0 Å². The number of nitrogens with zero attached hydrogens (tertiary/aromatic N) is 1. The van der Waals surface area contributed by atoms with Gasteiger partial charge >= 0.3 is 0 Å². The molecule has 0 radical (unpaired) electrons. The predicted octanol–water partition coefficient (Wildman–Crippen LogP) is 6.41. The summed E-state index contributed by atoms with van der Waals surface area (Å²) in [6.45, 7) is 7.92. The minimum atomic E-state index is -1.05. The number of allylic oxidation sites excluding steroid dienone is 2. The van der Waals surface area contributed by atoms with Gasteiger partial charge in [-0.05, 0) is 60.6 Å². The largest absolute Gasteiger partial charge is 0.298 e. The van der Waals surface area contributed by atoms with Crippen molar-refractivity contribution < 1.29 is 14.4 Å². The van der Waals surface area contributed by atoms with Gasteiger partial charge in [-0.15, -0.1) is 0 Å². The highest BCUT2D eigenvalue weighted by atomic mass is 16.2. The van der Waals surface area contributed by atoms with Gasteiger partial charge in [0.1, 0.15) is 0 Å². The minimum Gasteiger partial charge on any atom is -0.298 e. The molecule has 1 heterocycles. The zero-order valence-electron chi connectivity index (χ0n) is 21.7. The number of rotatable bonds is 5. The van der Waals surface area contributed by atoms with E-state index in [1.807, 2.05) is 107 Å². The van der Waals surface area contributed by atoms with Gasteiger partial charge in [-0.1, -0.05) is 92.2 Å². The second kappa shape index (κ2) is 8.11. The Morgan fingerprint density at radius 2 is 1.14 bits per heavy atom. The lowest BCUT2D eigenvalue weighted by Crippen LogP contribution is -2.42. The minimum absolute atomic E-state index is 0.0414. The summed E-state index contributed by atoms with van der Waals surface area (Å²) in [7, 11) is 0. The Labute approximate surface area is 218 Å². The molecule has 0 aromatic heterocycles.